The van der Waals surface area contributed by atoms with Crippen molar-refractivity contribution in [3.05, 3.63) is 47.0 Å². The smallest absolute Gasteiger partial charge is 0.255 e. The molecule has 11 heteroatoms. The van der Waals surface area contributed by atoms with Crippen molar-refractivity contribution in [2.75, 3.05) is 24.2 Å². The van der Waals surface area contributed by atoms with E-state index >= 15 is 0 Å². The monoisotopic (exact) mass is 486 g/mol. The summed E-state index contributed by atoms with van der Waals surface area (Å²) in [6, 6.07) is 7.45. The van der Waals surface area contributed by atoms with Crippen LogP contribution in [0.2, 0.25) is 5.02 Å². The topological polar surface area (TPSA) is 121 Å². The van der Waals surface area contributed by atoms with Gasteiger partial charge in [-0.3, -0.25) is 4.79 Å². The maximum Gasteiger partial charge on any atom is 0.255 e. The van der Waals surface area contributed by atoms with Gasteiger partial charge in [0.2, 0.25) is 10.0 Å². The number of benzene rings is 2. The van der Waals surface area contributed by atoms with Gasteiger partial charge in [0.1, 0.15) is 10.6 Å². The number of nitrogens with one attached hydrogen (secondary N) is 1. The number of phenolic OH excluding ortho intramolecular Hbond substituents is 1. The molecule has 0 bridgehead atoms. The van der Waals surface area contributed by atoms with Gasteiger partial charge in [0, 0.05) is 18.7 Å². The predicted octanol–water partition coefficient (Wildman–Crippen LogP) is 3.27. The maximum absolute atomic E-state index is 13.0. The first kappa shape index (κ1) is 23.5. The molecule has 0 saturated carbocycles. The number of halogens is 1. The van der Waals surface area contributed by atoms with Gasteiger partial charge in [-0.15, -0.1) is 0 Å². The number of hydrogen-bond acceptors (Lipinski definition) is 6. The second-order valence-corrected chi connectivity index (χ2v) is 11.7. The van der Waals surface area contributed by atoms with Crippen LogP contribution in [0, 0.1) is 0 Å². The summed E-state index contributed by atoms with van der Waals surface area (Å²) in [5.74, 6) is -1.17. The lowest BCUT2D eigenvalue weighted by Gasteiger charge is -2.26. The first-order valence-electron chi connectivity index (χ1n) is 9.73. The van der Waals surface area contributed by atoms with Gasteiger partial charge < -0.3 is 10.4 Å². The van der Waals surface area contributed by atoms with Gasteiger partial charge in [-0.25, -0.2) is 16.8 Å². The third kappa shape index (κ3) is 5.03. The molecule has 2 aromatic rings. The predicted molar refractivity (Wildman–Crippen MR) is 118 cm³/mol. The molecule has 1 fully saturated rings. The molecule has 1 aliphatic heterocycles. The molecular weight excluding hydrogens is 464 g/mol. The van der Waals surface area contributed by atoms with Gasteiger partial charge in [0.25, 0.3) is 5.91 Å². The highest BCUT2D eigenvalue weighted by Gasteiger charge is 2.29. The van der Waals surface area contributed by atoms with Crippen LogP contribution in [0.3, 0.4) is 0 Å². The number of amides is 1. The Morgan fingerprint density at radius 3 is 2.39 bits per heavy atom. The second kappa shape index (κ2) is 9.15. The molecule has 3 rings (SSSR count). The van der Waals surface area contributed by atoms with Crippen molar-refractivity contribution in [2.24, 2.45) is 0 Å². The van der Waals surface area contributed by atoms with Crippen molar-refractivity contribution >= 4 is 43.1 Å². The zero-order valence-electron chi connectivity index (χ0n) is 16.8. The number of sulfonamides is 1. The number of sulfone groups is 1. The zero-order valence-corrected chi connectivity index (χ0v) is 19.2. The minimum atomic E-state index is -3.87. The number of nitrogens with zero attached hydrogens (tertiary/aromatic N) is 1. The molecule has 1 aliphatic rings. The van der Waals surface area contributed by atoms with Crippen molar-refractivity contribution < 1.29 is 26.7 Å². The number of phenols is 1. The maximum atomic E-state index is 13.0. The van der Waals surface area contributed by atoms with Gasteiger partial charge in [0.15, 0.2) is 9.84 Å². The second-order valence-electron chi connectivity index (χ2n) is 7.15. The van der Waals surface area contributed by atoms with E-state index in [-0.39, 0.29) is 37.6 Å². The third-order valence-electron chi connectivity index (χ3n) is 5.08. The van der Waals surface area contributed by atoms with E-state index in [1.165, 1.54) is 41.6 Å². The quantitative estimate of drug-likeness (QED) is 0.604. The molecule has 1 heterocycles. The van der Waals surface area contributed by atoms with E-state index in [1.807, 2.05) is 0 Å². The van der Waals surface area contributed by atoms with Crippen molar-refractivity contribution in [1.82, 2.24) is 4.31 Å². The molecule has 2 N–H and O–H groups in total. The Kier molecular flexibility index (Phi) is 6.95. The number of piperidine rings is 1. The molecule has 0 aliphatic carbocycles. The van der Waals surface area contributed by atoms with E-state index in [0.29, 0.717) is 13.1 Å². The summed E-state index contributed by atoms with van der Waals surface area (Å²) in [7, 11) is -7.41. The minimum Gasteiger partial charge on any atom is -0.506 e. The molecular formula is C20H23ClN2O6S2. The summed E-state index contributed by atoms with van der Waals surface area (Å²) in [5.41, 5.74) is -0.0990. The van der Waals surface area contributed by atoms with Crippen molar-refractivity contribution in [1.29, 1.82) is 0 Å². The number of rotatable bonds is 6. The number of anilines is 1. The van der Waals surface area contributed by atoms with Crippen LogP contribution in [0.5, 0.6) is 5.75 Å². The Balaban J connectivity index is 1.92. The lowest BCUT2D eigenvalue weighted by molar-refractivity contribution is 0.102. The average Bonchev–Trinajstić information content (AvgIpc) is 2.75. The van der Waals surface area contributed by atoms with Crippen LogP contribution >= 0.6 is 11.6 Å². The summed E-state index contributed by atoms with van der Waals surface area (Å²) in [6.45, 7) is 2.27. The lowest BCUT2D eigenvalue weighted by Crippen LogP contribution is -2.35. The molecule has 168 valence electrons. The fraction of sp³-hybridized carbons (Fsp3) is 0.350. The van der Waals surface area contributed by atoms with Crippen LogP contribution in [0.4, 0.5) is 5.69 Å². The molecule has 1 amide bonds. The van der Waals surface area contributed by atoms with Crippen LogP contribution < -0.4 is 5.32 Å². The Hall–Kier alpha value is -2.14. The molecule has 0 radical (unpaired) electrons. The fourth-order valence-electron chi connectivity index (χ4n) is 3.26. The Morgan fingerprint density at radius 2 is 1.74 bits per heavy atom. The van der Waals surface area contributed by atoms with Gasteiger partial charge in [-0.1, -0.05) is 24.9 Å². The van der Waals surface area contributed by atoms with E-state index in [4.69, 9.17) is 11.6 Å². The Morgan fingerprint density at radius 1 is 1.06 bits per heavy atom. The van der Waals surface area contributed by atoms with Crippen molar-refractivity contribution in [3.63, 3.8) is 0 Å². The Bertz CT molecular complexity index is 1210. The summed E-state index contributed by atoms with van der Waals surface area (Å²) in [5, 5.41) is 12.5. The number of hydrogen-bond donors (Lipinski definition) is 2. The van der Waals surface area contributed by atoms with Crippen LogP contribution in [0.1, 0.15) is 36.5 Å². The van der Waals surface area contributed by atoms with Crippen molar-refractivity contribution in [3.8, 4) is 5.75 Å². The Labute approximate surface area is 186 Å². The standard InChI is InChI=1S/C20H23ClN2O6S2/c1-2-30(26,27)15-7-9-18(24)17(13-15)22-20(25)14-6-8-16(21)19(12-14)31(28,29)23-10-4-3-5-11-23/h6-9,12-13,24H,2-5,10-11H2,1H3,(H,22,25). The molecule has 31 heavy (non-hydrogen) atoms. The van der Waals surface area contributed by atoms with Crippen LogP contribution in [-0.2, 0) is 19.9 Å². The van der Waals surface area contributed by atoms with E-state index in [9.17, 15) is 26.7 Å². The molecule has 0 unspecified atom stereocenters. The molecule has 0 aromatic heterocycles. The first-order valence-corrected chi connectivity index (χ1v) is 13.2. The van der Waals surface area contributed by atoms with Crippen LogP contribution in [-0.4, -0.2) is 51.0 Å². The average molecular weight is 487 g/mol. The highest BCUT2D eigenvalue weighted by atomic mass is 35.5. The molecule has 2 aromatic carbocycles. The van der Waals surface area contributed by atoms with Crippen LogP contribution in [0.25, 0.3) is 0 Å². The zero-order chi connectivity index (χ0) is 22.8. The van der Waals surface area contributed by atoms with Gasteiger partial charge in [-0.2, -0.15) is 4.31 Å². The number of carbonyl (C=O) groups is 1. The molecule has 1 saturated heterocycles. The normalized spacial score (nSPS) is 15.5. The van der Waals surface area contributed by atoms with Gasteiger partial charge in [-0.05, 0) is 49.2 Å². The van der Waals surface area contributed by atoms with Crippen molar-refractivity contribution in [2.45, 2.75) is 36.0 Å². The number of carbonyl (C=O) groups excluding carboxylic acids is 1. The summed E-state index contributed by atoms with van der Waals surface area (Å²) < 4.78 is 51.5. The molecule has 8 nitrogen and oxygen atoms in total. The fourth-order valence-corrected chi connectivity index (χ4v) is 6.18. The first-order chi connectivity index (χ1) is 14.6. The van der Waals surface area contributed by atoms with E-state index in [0.717, 1.165) is 25.3 Å². The third-order valence-corrected chi connectivity index (χ3v) is 9.19. The van der Waals surface area contributed by atoms with Gasteiger partial charge >= 0.3 is 0 Å². The highest BCUT2D eigenvalue weighted by molar-refractivity contribution is 7.91. The lowest BCUT2D eigenvalue weighted by atomic mass is 10.2. The number of aromatic hydroxyl groups is 1. The van der Waals surface area contributed by atoms with Gasteiger partial charge in [0.05, 0.1) is 21.4 Å². The SMILES string of the molecule is CCS(=O)(=O)c1ccc(O)c(NC(=O)c2ccc(Cl)c(S(=O)(=O)N3CCCCC3)c2)c1. The molecule has 0 spiro atoms. The summed E-state index contributed by atoms with van der Waals surface area (Å²) >= 11 is 6.13. The van der Waals surface area contributed by atoms with E-state index in [1.54, 1.807) is 0 Å². The summed E-state index contributed by atoms with van der Waals surface area (Å²) in [6.07, 6.45) is 2.47. The largest absolute Gasteiger partial charge is 0.506 e. The minimum absolute atomic E-state index is 0.000933. The highest BCUT2D eigenvalue weighted by Crippen LogP contribution is 2.30. The molecule has 0 atom stereocenters. The van der Waals surface area contributed by atoms with E-state index in [2.05, 4.69) is 5.32 Å². The van der Waals surface area contributed by atoms with E-state index < -0.39 is 25.8 Å². The van der Waals surface area contributed by atoms with Crippen LogP contribution in [0.15, 0.2) is 46.2 Å². The summed E-state index contributed by atoms with van der Waals surface area (Å²) in [4.78, 5) is 12.5.